The number of para-hydroxylation sites is 2. The largest absolute Gasteiger partial charge is 0.482 e. The van der Waals surface area contributed by atoms with Gasteiger partial charge in [-0.05, 0) is 59.7 Å². The van der Waals surface area contributed by atoms with Crippen molar-refractivity contribution in [2.45, 2.75) is 0 Å². The van der Waals surface area contributed by atoms with E-state index in [0.717, 1.165) is 45.5 Å². The molecule has 0 aliphatic rings. The fourth-order valence-corrected chi connectivity index (χ4v) is 5.48. The molecule has 6 rings (SSSR count). The standard InChI is InChI=1S/C34H25N3O6S/c38-31(39)20-42-27-17-23(18-28(19-27)43-21-32(40)41)30-16-15-29(33-34(30)36-44-35-33)22-11-13-26(14-12-22)37(24-7-3-1-4-8-24)25-9-5-2-6-10-25/h1-19H,20-21H2,(H,38,39)(H,40,41). The fourth-order valence-electron chi connectivity index (χ4n) is 4.91. The van der Waals surface area contributed by atoms with Gasteiger partial charge in [-0.15, -0.1) is 0 Å². The Morgan fingerprint density at radius 2 is 1.05 bits per heavy atom. The number of anilines is 3. The lowest BCUT2D eigenvalue weighted by atomic mass is 9.97. The predicted octanol–water partition coefficient (Wildman–Crippen LogP) is 7.42. The number of carboxylic acid groups (broad SMARTS) is 2. The van der Waals surface area contributed by atoms with Crippen molar-refractivity contribution in [3.63, 3.8) is 0 Å². The molecule has 0 saturated heterocycles. The average Bonchev–Trinajstić information content (AvgIpc) is 3.54. The van der Waals surface area contributed by atoms with Crippen molar-refractivity contribution in [1.29, 1.82) is 0 Å². The summed E-state index contributed by atoms with van der Waals surface area (Å²) in [7, 11) is 0. The number of aliphatic carboxylic acids is 2. The SMILES string of the molecule is O=C(O)COc1cc(OCC(=O)O)cc(-c2ccc(-c3ccc(N(c4ccccc4)c4ccccc4)cc3)c3nsnc23)c1. The summed E-state index contributed by atoms with van der Waals surface area (Å²) in [6, 6.07) is 37.3. The number of hydrogen-bond acceptors (Lipinski definition) is 8. The van der Waals surface area contributed by atoms with Crippen molar-refractivity contribution in [1.82, 2.24) is 8.75 Å². The van der Waals surface area contributed by atoms with E-state index in [2.05, 4.69) is 62.2 Å². The minimum atomic E-state index is -1.14. The highest BCUT2D eigenvalue weighted by Gasteiger charge is 2.17. The van der Waals surface area contributed by atoms with Crippen LogP contribution in [-0.4, -0.2) is 44.1 Å². The Labute approximate surface area is 256 Å². The Kier molecular flexibility index (Phi) is 8.15. The second-order valence-corrected chi connectivity index (χ2v) is 10.3. The lowest BCUT2D eigenvalue weighted by molar-refractivity contribution is -0.140. The summed E-state index contributed by atoms with van der Waals surface area (Å²) in [6.07, 6.45) is 0. The van der Waals surface area contributed by atoms with Gasteiger partial charge in [-0.2, -0.15) is 8.75 Å². The number of carboxylic acids is 2. The molecule has 1 heterocycles. The van der Waals surface area contributed by atoms with Gasteiger partial charge in [0.2, 0.25) is 0 Å². The predicted molar refractivity (Wildman–Crippen MR) is 169 cm³/mol. The van der Waals surface area contributed by atoms with E-state index >= 15 is 0 Å². The van der Waals surface area contributed by atoms with Crippen molar-refractivity contribution >= 4 is 51.8 Å². The molecule has 0 atom stereocenters. The first-order valence-electron chi connectivity index (χ1n) is 13.6. The quantitative estimate of drug-likeness (QED) is 0.156. The highest BCUT2D eigenvalue weighted by atomic mass is 32.1. The number of hydrogen-bond donors (Lipinski definition) is 2. The fraction of sp³-hybridized carbons (Fsp3) is 0.0588. The van der Waals surface area contributed by atoms with Gasteiger partial charge in [0, 0.05) is 34.3 Å². The van der Waals surface area contributed by atoms with Crippen molar-refractivity contribution in [3.8, 4) is 33.8 Å². The van der Waals surface area contributed by atoms with E-state index in [1.165, 1.54) is 6.07 Å². The van der Waals surface area contributed by atoms with E-state index in [0.29, 0.717) is 16.6 Å². The zero-order valence-corrected chi connectivity index (χ0v) is 24.0. The molecule has 0 aliphatic heterocycles. The van der Waals surface area contributed by atoms with Crippen LogP contribution in [0, 0.1) is 0 Å². The third-order valence-electron chi connectivity index (χ3n) is 6.80. The highest BCUT2D eigenvalue weighted by Crippen LogP contribution is 2.39. The lowest BCUT2D eigenvalue weighted by Gasteiger charge is -2.25. The molecule has 0 spiro atoms. The van der Waals surface area contributed by atoms with Gasteiger partial charge in [0.1, 0.15) is 22.5 Å². The minimum absolute atomic E-state index is 0.225. The van der Waals surface area contributed by atoms with Crippen LogP contribution in [0.4, 0.5) is 17.1 Å². The monoisotopic (exact) mass is 603 g/mol. The summed E-state index contributed by atoms with van der Waals surface area (Å²) in [4.78, 5) is 24.4. The Balaban J connectivity index is 1.37. The molecule has 10 heteroatoms. The maximum atomic E-state index is 11.1. The van der Waals surface area contributed by atoms with Gasteiger partial charge in [-0.3, -0.25) is 0 Å². The van der Waals surface area contributed by atoms with Gasteiger partial charge >= 0.3 is 11.9 Å². The number of ether oxygens (including phenoxy) is 2. The summed E-state index contributed by atoms with van der Waals surface area (Å²) in [5.74, 6) is -1.83. The number of benzene rings is 5. The molecule has 0 saturated carbocycles. The van der Waals surface area contributed by atoms with Gasteiger partial charge in [-0.25, -0.2) is 9.59 Å². The minimum Gasteiger partial charge on any atom is -0.482 e. The van der Waals surface area contributed by atoms with Gasteiger partial charge in [0.15, 0.2) is 13.2 Å². The lowest BCUT2D eigenvalue weighted by Crippen LogP contribution is -2.11. The van der Waals surface area contributed by atoms with Crippen LogP contribution < -0.4 is 14.4 Å². The topological polar surface area (TPSA) is 122 Å². The first-order chi connectivity index (χ1) is 21.5. The second kappa shape index (κ2) is 12.6. The summed E-state index contributed by atoms with van der Waals surface area (Å²) in [5, 5.41) is 18.1. The Morgan fingerprint density at radius 3 is 1.52 bits per heavy atom. The number of rotatable bonds is 11. The molecule has 9 nitrogen and oxygen atoms in total. The Hall–Kier alpha value is -5.74. The van der Waals surface area contributed by atoms with E-state index in [1.54, 1.807) is 12.1 Å². The average molecular weight is 604 g/mol. The van der Waals surface area contributed by atoms with Gasteiger partial charge < -0.3 is 24.6 Å². The first-order valence-corrected chi connectivity index (χ1v) is 14.3. The van der Waals surface area contributed by atoms with Gasteiger partial charge in [0.25, 0.3) is 0 Å². The molecule has 6 aromatic rings. The van der Waals surface area contributed by atoms with Crippen LogP contribution in [0.5, 0.6) is 11.5 Å². The van der Waals surface area contributed by atoms with Crippen molar-refractivity contribution < 1.29 is 29.3 Å². The maximum absolute atomic E-state index is 11.1. The molecule has 0 aliphatic carbocycles. The van der Waals surface area contributed by atoms with Crippen LogP contribution >= 0.6 is 11.7 Å². The van der Waals surface area contributed by atoms with Crippen LogP contribution in [0.15, 0.2) is 115 Å². The molecule has 0 amide bonds. The second-order valence-electron chi connectivity index (χ2n) is 9.73. The van der Waals surface area contributed by atoms with E-state index in [9.17, 15) is 9.59 Å². The molecule has 1 aromatic heterocycles. The molecule has 0 unspecified atom stereocenters. The summed E-state index contributed by atoms with van der Waals surface area (Å²) >= 11 is 1.08. The van der Waals surface area contributed by atoms with Crippen molar-refractivity contribution in [2.75, 3.05) is 18.1 Å². The highest BCUT2D eigenvalue weighted by molar-refractivity contribution is 7.00. The third-order valence-corrected chi connectivity index (χ3v) is 7.32. The number of nitrogens with zero attached hydrogens (tertiary/aromatic N) is 3. The Morgan fingerprint density at radius 1 is 0.591 bits per heavy atom. The van der Waals surface area contributed by atoms with Gasteiger partial charge in [-0.1, -0.05) is 60.7 Å². The Bertz CT molecular complexity index is 1850. The normalized spacial score (nSPS) is 10.8. The van der Waals surface area contributed by atoms with Crippen LogP contribution in [0.2, 0.25) is 0 Å². The molecular formula is C34H25N3O6S. The maximum Gasteiger partial charge on any atom is 0.341 e. The third kappa shape index (κ3) is 6.20. The summed E-state index contributed by atoms with van der Waals surface area (Å²) < 4.78 is 20.0. The van der Waals surface area contributed by atoms with E-state index in [4.69, 9.17) is 19.7 Å². The molecule has 44 heavy (non-hydrogen) atoms. The van der Waals surface area contributed by atoms with Crippen LogP contribution in [-0.2, 0) is 9.59 Å². The van der Waals surface area contributed by atoms with E-state index < -0.39 is 25.2 Å². The molecule has 2 N–H and O–H groups in total. The van der Waals surface area contributed by atoms with Crippen LogP contribution in [0.1, 0.15) is 0 Å². The summed E-state index contributed by atoms with van der Waals surface area (Å²) in [6.45, 7) is -1.12. The van der Waals surface area contributed by atoms with E-state index in [1.807, 2.05) is 48.5 Å². The molecule has 0 fully saturated rings. The zero-order valence-electron chi connectivity index (χ0n) is 23.2. The van der Waals surface area contributed by atoms with Crippen LogP contribution in [0.25, 0.3) is 33.3 Å². The van der Waals surface area contributed by atoms with Crippen LogP contribution in [0.3, 0.4) is 0 Å². The molecular weight excluding hydrogens is 578 g/mol. The van der Waals surface area contributed by atoms with Crippen molar-refractivity contribution in [2.24, 2.45) is 0 Å². The zero-order chi connectivity index (χ0) is 30.5. The first kappa shape index (κ1) is 28.4. The number of fused-ring (bicyclic) bond motifs is 1. The molecule has 0 radical (unpaired) electrons. The number of aromatic nitrogens is 2. The molecule has 5 aromatic carbocycles. The van der Waals surface area contributed by atoms with Crippen molar-refractivity contribution in [3.05, 3.63) is 115 Å². The van der Waals surface area contributed by atoms with E-state index in [-0.39, 0.29) is 11.5 Å². The molecule has 0 bridgehead atoms. The summed E-state index contributed by atoms with van der Waals surface area (Å²) in [5.41, 5.74) is 7.63. The smallest absolute Gasteiger partial charge is 0.341 e. The van der Waals surface area contributed by atoms with Gasteiger partial charge in [0.05, 0.1) is 11.7 Å². The number of carbonyl (C=O) groups is 2. The molecule has 218 valence electrons.